The van der Waals surface area contributed by atoms with Crippen molar-refractivity contribution in [3.8, 4) is 28.5 Å². The van der Waals surface area contributed by atoms with Crippen LogP contribution in [0.5, 0.6) is 5.75 Å². The topological polar surface area (TPSA) is 65.7 Å². The fraction of sp³-hybridized carbons (Fsp3) is 0.211. The van der Waals surface area contributed by atoms with Gasteiger partial charge >= 0.3 is 0 Å². The molecular weight excluding hydrogens is 334 g/mol. The molecule has 0 aliphatic carbocycles. The number of imidazole rings is 1. The Morgan fingerprint density at radius 2 is 2.04 bits per heavy atom. The van der Waals surface area contributed by atoms with Gasteiger partial charge in [0, 0.05) is 17.5 Å². The van der Waals surface area contributed by atoms with Crippen LogP contribution in [0.25, 0.3) is 27.7 Å². The molecule has 0 amide bonds. The zero-order chi connectivity index (χ0) is 17.4. The molecule has 0 spiro atoms. The molecule has 0 radical (unpaired) electrons. The van der Waals surface area contributed by atoms with Crippen LogP contribution in [0.15, 0.2) is 52.5 Å². The number of rotatable bonds is 5. The molecule has 3 aromatic heterocycles. The molecule has 0 bridgehead atoms. The van der Waals surface area contributed by atoms with Crippen molar-refractivity contribution in [1.29, 1.82) is 0 Å². The summed E-state index contributed by atoms with van der Waals surface area (Å²) in [6.07, 6.45) is 1.82. The van der Waals surface area contributed by atoms with Crippen LogP contribution in [-0.4, -0.2) is 15.5 Å². The Bertz CT molecular complexity index is 982. The van der Waals surface area contributed by atoms with Crippen LogP contribution in [0.1, 0.15) is 19.5 Å². The average molecular weight is 353 g/mol. The van der Waals surface area contributed by atoms with Crippen LogP contribution in [0.2, 0.25) is 0 Å². The van der Waals surface area contributed by atoms with E-state index in [1.54, 1.807) is 17.6 Å². The molecule has 0 atom stereocenters. The molecule has 0 aliphatic heterocycles. The second kappa shape index (κ2) is 6.38. The van der Waals surface area contributed by atoms with Crippen LogP contribution in [0.3, 0.4) is 0 Å². The molecule has 0 saturated carbocycles. The molecule has 0 unspecified atom stereocenters. The SMILES string of the molecule is CC(C)Oc1ccc(-c2nc3scc(-c4ccco4)n3c2CN)cc1. The van der Waals surface area contributed by atoms with E-state index in [9.17, 15) is 0 Å². The van der Waals surface area contributed by atoms with E-state index < -0.39 is 0 Å². The first kappa shape index (κ1) is 15.9. The maximum Gasteiger partial charge on any atom is 0.195 e. The molecule has 6 heteroatoms. The first-order chi connectivity index (χ1) is 12.2. The minimum Gasteiger partial charge on any atom is -0.491 e. The van der Waals surface area contributed by atoms with Gasteiger partial charge in [0.2, 0.25) is 0 Å². The average Bonchev–Trinajstić information content (AvgIpc) is 3.30. The van der Waals surface area contributed by atoms with Gasteiger partial charge in [-0.25, -0.2) is 4.98 Å². The first-order valence-electron chi connectivity index (χ1n) is 8.17. The van der Waals surface area contributed by atoms with Gasteiger partial charge < -0.3 is 14.9 Å². The van der Waals surface area contributed by atoms with Gasteiger partial charge in [-0.3, -0.25) is 4.40 Å². The van der Waals surface area contributed by atoms with Crippen LogP contribution < -0.4 is 10.5 Å². The molecule has 2 N–H and O–H groups in total. The van der Waals surface area contributed by atoms with Crippen LogP contribution in [-0.2, 0) is 6.54 Å². The van der Waals surface area contributed by atoms with Gasteiger partial charge in [0.15, 0.2) is 10.7 Å². The van der Waals surface area contributed by atoms with Gasteiger partial charge in [0.25, 0.3) is 0 Å². The molecule has 5 nitrogen and oxygen atoms in total. The van der Waals surface area contributed by atoms with Gasteiger partial charge in [-0.1, -0.05) is 0 Å². The Hall–Kier alpha value is -2.57. The van der Waals surface area contributed by atoms with Crippen molar-refractivity contribution in [2.45, 2.75) is 26.5 Å². The number of hydrogen-bond donors (Lipinski definition) is 1. The van der Waals surface area contributed by atoms with Crippen molar-refractivity contribution in [2.24, 2.45) is 5.73 Å². The molecular formula is C19H19N3O2S. The Balaban J connectivity index is 1.80. The van der Waals surface area contributed by atoms with E-state index in [0.717, 1.165) is 39.1 Å². The summed E-state index contributed by atoms with van der Waals surface area (Å²) < 4.78 is 13.3. The van der Waals surface area contributed by atoms with E-state index >= 15 is 0 Å². The van der Waals surface area contributed by atoms with Crippen LogP contribution in [0.4, 0.5) is 0 Å². The highest BCUT2D eigenvalue weighted by Gasteiger charge is 2.19. The van der Waals surface area contributed by atoms with Crippen molar-refractivity contribution in [3.05, 3.63) is 53.7 Å². The number of hydrogen-bond acceptors (Lipinski definition) is 5. The van der Waals surface area contributed by atoms with Crippen LogP contribution in [0, 0.1) is 0 Å². The highest BCUT2D eigenvalue weighted by Crippen LogP contribution is 2.33. The Morgan fingerprint density at radius 3 is 2.68 bits per heavy atom. The van der Waals surface area contributed by atoms with Crippen LogP contribution >= 0.6 is 11.3 Å². The minimum atomic E-state index is 0.152. The third-order valence-corrected chi connectivity index (χ3v) is 4.75. The molecule has 3 heterocycles. The number of furan rings is 1. The highest BCUT2D eigenvalue weighted by atomic mass is 32.1. The minimum absolute atomic E-state index is 0.152. The molecule has 4 aromatic rings. The lowest BCUT2D eigenvalue weighted by Crippen LogP contribution is -2.05. The zero-order valence-corrected chi connectivity index (χ0v) is 14.9. The zero-order valence-electron chi connectivity index (χ0n) is 14.1. The summed E-state index contributed by atoms with van der Waals surface area (Å²) in [5, 5.41) is 2.05. The van der Waals surface area contributed by atoms with Gasteiger partial charge in [0.05, 0.1) is 23.8 Å². The maximum atomic E-state index is 6.06. The quantitative estimate of drug-likeness (QED) is 0.571. The third kappa shape index (κ3) is 2.83. The maximum absolute atomic E-state index is 6.06. The third-order valence-electron chi connectivity index (χ3n) is 3.93. The summed E-state index contributed by atoms with van der Waals surface area (Å²) in [7, 11) is 0. The van der Waals surface area contributed by atoms with Gasteiger partial charge in [-0.2, -0.15) is 0 Å². The Labute approximate surface area is 149 Å². The molecule has 0 saturated heterocycles. The summed E-state index contributed by atoms with van der Waals surface area (Å²) >= 11 is 1.58. The number of fused-ring (bicyclic) bond motifs is 1. The van der Waals surface area contributed by atoms with E-state index in [1.165, 1.54) is 0 Å². The molecule has 1 aromatic carbocycles. The summed E-state index contributed by atoms with van der Waals surface area (Å²) in [5.74, 6) is 1.66. The van der Waals surface area contributed by atoms with E-state index in [0.29, 0.717) is 6.54 Å². The first-order valence-corrected chi connectivity index (χ1v) is 9.05. The predicted octanol–water partition coefficient (Wildman–Crippen LogP) is 4.57. The lowest BCUT2D eigenvalue weighted by atomic mass is 10.1. The largest absolute Gasteiger partial charge is 0.491 e. The second-order valence-electron chi connectivity index (χ2n) is 6.02. The normalized spacial score (nSPS) is 11.5. The highest BCUT2D eigenvalue weighted by molar-refractivity contribution is 7.15. The lowest BCUT2D eigenvalue weighted by Gasteiger charge is -2.10. The summed E-state index contributed by atoms with van der Waals surface area (Å²) in [4.78, 5) is 5.70. The van der Waals surface area contributed by atoms with Crippen molar-refractivity contribution in [3.63, 3.8) is 0 Å². The number of nitrogens with two attached hydrogens (primary N) is 1. The summed E-state index contributed by atoms with van der Waals surface area (Å²) in [5.41, 5.74) is 9.94. The number of thiazole rings is 1. The lowest BCUT2D eigenvalue weighted by molar-refractivity contribution is 0.242. The fourth-order valence-electron chi connectivity index (χ4n) is 2.90. The molecule has 4 rings (SSSR count). The number of benzene rings is 1. The van der Waals surface area contributed by atoms with Gasteiger partial charge in [0.1, 0.15) is 11.4 Å². The van der Waals surface area contributed by atoms with Crippen molar-refractivity contribution in [2.75, 3.05) is 0 Å². The Kier molecular flexibility index (Phi) is 4.07. The molecule has 25 heavy (non-hydrogen) atoms. The van der Waals surface area contributed by atoms with Crippen molar-refractivity contribution < 1.29 is 9.15 Å². The summed E-state index contributed by atoms with van der Waals surface area (Å²) in [6.45, 7) is 4.42. The second-order valence-corrected chi connectivity index (χ2v) is 6.85. The predicted molar refractivity (Wildman–Crippen MR) is 99.9 cm³/mol. The molecule has 128 valence electrons. The van der Waals surface area contributed by atoms with E-state index in [2.05, 4.69) is 4.40 Å². The monoisotopic (exact) mass is 353 g/mol. The van der Waals surface area contributed by atoms with Crippen molar-refractivity contribution in [1.82, 2.24) is 9.38 Å². The summed E-state index contributed by atoms with van der Waals surface area (Å²) in [6, 6.07) is 11.8. The van der Waals surface area contributed by atoms with E-state index in [-0.39, 0.29) is 6.10 Å². The number of nitrogens with zero attached hydrogens (tertiary/aromatic N) is 2. The Morgan fingerprint density at radius 1 is 1.24 bits per heavy atom. The molecule has 0 aliphatic rings. The smallest absolute Gasteiger partial charge is 0.195 e. The van der Waals surface area contributed by atoms with Gasteiger partial charge in [-0.15, -0.1) is 11.3 Å². The standard InChI is InChI=1S/C19H19N3O2S/c1-12(2)24-14-7-5-13(6-8-14)18-15(10-20)22-16(11-25-19(22)21-18)17-4-3-9-23-17/h3-9,11-12H,10,20H2,1-2H3. The van der Waals surface area contributed by atoms with Crippen molar-refractivity contribution >= 4 is 16.3 Å². The van der Waals surface area contributed by atoms with E-state index in [1.807, 2.05) is 55.6 Å². The van der Waals surface area contributed by atoms with Gasteiger partial charge in [-0.05, 0) is 50.2 Å². The van der Waals surface area contributed by atoms with E-state index in [4.69, 9.17) is 19.9 Å². The number of ether oxygens (including phenoxy) is 1. The fourth-order valence-corrected chi connectivity index (χ4v) is 3.79. The number of aromatic nitrogens is 2. The molecule has 0 fully saturated rings.